The first-order valence-electron chi connectivity index (χ1n) is 8.17. The Morgan fingerprint density at radius 1 is 1.12 bits per heavy atom. The Bertz CT molecular complexity index is 1010. The summed E-state index contributed by atoms with van der Waals surface area (Å²) in [4.78, 5) is 17.1. The van der Waals surface area contributed by atoms with Crippen molar-refractivity contribution >= 4 is 27.5 Å². The van der Waals surface area contributed by atoms with Crippen LogP contribution < -0.4 is 5.32 Å². The molecule has 1 aromatic carbocycles. The molecule has 0 aliphatic carbocycles. The van der Waals surface area contributed by atoms with Gasteiger partial charge < -0.3 is 10.3 Å². The van der Waals surface area contributed by atoms with Gasteiger partial charge in [-0.15, -0.1) is 11.3 Å². The fraction of sp³-hybridized carbons (Fsp3) is 0.211. The predicted octanol–water partition coefficient (Wildman–Crippen LogP) is 4.62. The zero-order valence-electron chi connectivity index (χ0n) is 14.4. The van der Waals surface area contributed by atoms with E-state index in [9.17, 15) is 0 Å². The first-order chi connectivity index (χ1) is 12.1. The predicted molar refractivity (Wildman–Crippen MR) is 103 cm³/mol. The van der Waals surface area contributed by atoms with Gasteiger partial charge in [-0.25, -0.2) is 15.0 Å². The summed E-state index contributed by atoms with van der Waals surface area (Å²) in [6.07, 6.45) is 3.70. The van der Waals surface area contributed by atoms with E-state index in [0.717, 1.165) is 33.2 Å². The van der Waals surface area contributed by atoms with Gasteiger partial charge in [-0.3, -0.25) is 0 Å². The highest BCUT2D eigenvalue weighted by atomic mass is 32.1. The van der Waals surface area contributed by atoms with Crippen LogP contribution in [-0.4, -0.2) is 19.9 Å². The van der Waals surface area contributed by atoms with Gasteiger partial charge in [0.15, 0.2) is 11.0 Å². The van der Waals surface area contributed by atoms with Gasteiger partial charge in [0.25, 0.3) is 0 Å². The molecule has 0 fully saturated rings. The molecule has 0 radical (unpaired) electrons. The number of aromatic amines is 1. The number of rotatable bonds is 4. The van der Waals surface area contributed by atoms with Gasteiger partial charge >= 0.3 is 0 Å². The van der Waals surface area contributed by atoms with E-state index in [2.05, 4.69) is 48.2 Å². The lowest BCUT2D eigenvalue weighted by atomic mass is 9.99. The van der Waals surface area contributed by atoms with Crippen LogP contribution in [-0.2, 0) is 6.54 Å². The first-order valence-corrected chi connectivity index (χ1v) is 9.05. The second kappa shape index (κ2) is 6.29. The normalized spacial score (nSPS) is 11.2. The zero-order chi connectivity index (χ0) is 17.4. The first kappa shape index (κ1) is 15.8. The van der Waals surface area contributed by atoms with Gasteiger partial charge in [0.1, 0.15) is 5.65 Å². The third kappa shape index (κ3) is 3.00. The topological polar surface area (TPSA) is 66.5 Å². The van der Waals surface area contributed by atoms with Crippen LogP contribution in [0.25, 0.3) is 22.4 Å². The lowest BCUT2D eigenvalue weighted by Gasteiger charge is -2.12. The van der Waals surface area contributed by atoms with Crippen molar-refractivity contribution in [2.75, 3.05) is 5.32 Å². The van der Waals surface area contributed by atoms with E-state index in [1.807, 2.05) is 17.6 Å². The van der Waals surface area contributed by atoms with Gasteiger partial charge in [-0.2, -0.15) is 0 Å². The number of fused-ring (bicyclic) bond motifs is 1. The Morgan fingerprint density at radius 3 is 2.64 bits per heavy atom. The third-order valence-electron chi connectivity index (χ3n) is 4.23. The maximum absolute atomic E-state index is 4.88. The van der Waals surface area contributed by atoms with E-state index in [1.54, 1.807) is 17.5 Å². The number of nitrogens with zero attached hydrogens (tertiary/aromatic N) is 3. The van der Waals surface area contributed by atoms with E-state index in [4.69, 9.17) is 9.97 Å². The molecular weight excluding hydrogens is 330 g/mol. The summed E-state index contributed by atoms with van der Waals surface area (Å²) in [7, 11) is 0. The highest BCUT2D eigenvalue weighted by molar-refractivity contribution is 7.13. The molecule has 2 N–H and O–H groups in total. The number of nitrogens with one attached hydrogen (secondary N) is 2. The summed E-state index contributed by atoms with van der Waals surface area (Å²) in [6, 6.07) is 6.38. The Hall–Kier alpha value is -2.73. The van der Waals surface area contributed by atoms with Crippen LogP contribution in [0, 0.1) is 20.8 Å². The molecule has 0 aliphatic rings. The standard InChI is InChI=1S/C19H19N5S/c1-11-8-12(2)16(13(3)9-11)18-23-15(10-22-19-21-6-7-25-19)14-4-5-20-17(14)24-18/h4-9H,10H2,1-3H3,(H,21,22)(H,20,23,24). The molecule has 5 nitrogen and oxygen atoms in total. The largest absolute Gasteiger partial charge is 0.356 e. The van der Waals surface area contributed by atoms with E-state index in [0.29, 0.717) is 6.54 Å². The summed E-state index contributed by atoms with van der Waals surface area (Å²) >= 11 is 1.58. The molecule has 0 aliphatic heterocycles. The minimum absolute atomic E-state index is 0.612. The van der Waals surface area contributed by atoms with E-state index >= 15 is 0 Å². The van der Waals surface area contributed by atoms with Crippen molar-refractivity contribution in [3.05, 3.63) is 58.4 Å². The van der Waals surface area contributed by atoms with Crippen molar-refractivity contribution in [1.82, 2.24) is 19.9 Å². The summed E-state index contributed by atoms with van der Waals surface area (Å²) in [5, 5.41) is 7.23. The Labute approximate surface area is 150 Å². The number of aromatic nitrogens is 4. The Kier molecular flexibility index (Phi) is 3.97. The van der Waals surface area contributed by atoms with Gasteiger partial charge in [0.2, 0.25) is 0 Å². The summed E-state index contributed by atoms with van der Waals surface area (Å²) in [5.74, 6) is 0.765. The summed E-state index contributed by atoms with van der Waals surface area (Å²) in [5.41, 5.74) is 6.59. The molecule has 3 aromatic heterocycles. The second-order valence-electron chi connectivity index (χ2n) is 6.20. The summed E-state index contributed by atoms with van der Waals surface area (Å²) in [6.45, 7) is 6.96. The average molecular weight is 349 g/mol. The van der Waals surface area contributed by atoms with Crippen molar-refractivity contribution in [2.24, 2.45) is 0 Å². The molecule has 25 heavy (non-hydrogen) atoms. The molecule has 0 spiro atoms. The molecule has 3 heterocycles. The third-order valence-corrected chi connectivity index (χ3v) is 4.97. The molecule has 0 saturated heterocycles. The van der Waals surface area contributed by atoms with Gasteiger partial charge in [0, 0.05) is 28.7 Å². The highest BCUT2D eigenvalue weighted by Gasteiger charge is 2.14. The maximum atomic E-state index is 4.88. The molecule has 126 valence electrons. The monoisotopic (exact) mass is 349 g/mol. The molecule has 0 amide bonds. The van der Waals surface area contributed by atoms with Crippen molar-refractivity contribution in [1.29, 1.82) is 0 Å². The maximum Gasteiger partial charge on any atom is 0.182 e. The van der Waals surface area contributed by atoms with E-state index in [1.165, 1.54) is 16.7 Å². The van der Waals surface area contributed by atoms with Gasteiger partial charge in [0.05, 0.1) is 12.2 Å². The van der Waals surface area contributed by atoms with Crippen molar-refractivity contribution < 1.29 is 0 Å². The Morgan fingerprint density at radius 2 is 1.92 bits per heavy atom. The van der Waals surface area contributed by atoms with E-state index in [-0.39, 0.29) is 0 Å². The van der Waals surface area contributed by atoms with Crippen LogP contribution in [0.15, 0.2) is 36.0 Å². The second-order valence-corrected chi connectivity index (χ2v) is 7.09. The molecule has 0 bridgehead atoms. The van der Waals surface area contributed by atoms with Crippen molar-refractivity contribution in [3.8, 4) is 11.4 Å². The van der Waals surface area contributed by atoms with Crippen LogP contribution in [0.2, 0.25) is 0 Å². The van der Waals surface area contributed by atoms with Crippen molar-refractivity contribution in [2.45, 2.75) is 27.3 Å². The molecule has 0 atom stereocenters. The smallest absolute Gasteiger partial charge is 0.182 e. The minimum atomic E-state index is 0.612. The van der Waals surface area contributed by atoms with Crippen LogP contribution in [0.5, 0.6) is 0 Å². The molecule has 4 rings (SSSR count). The summed E-state index contributed by atoms with van der Waals surface area (Å²) < 4.78 is 0. The minimum Gasteiger partial charge on any atom is -0.356 e. The van der Waals surface area contributed by atoms with Crippen LogP contribution in [0.3, 0.4) is 0 Å². The molecular formula is C19H19N5S. The molecule has 0 saturated carbocycles. The SMILES string of the molecule is Cc1cc(C)c(-c2nc(CNc3nccs3)c3cc[nH]c3n2)c(C)c1. The van der Waals surface area contributed by atoms with Crippen LogP contribution in [0.4, 0.5) is 5.13 Å². The van der Waals surface area contributed by atoms with Crippen molar-refractivity contribution in [3.63, 3.8) is 0 Å². The van der Waals surface area contributed by atoms with E-state index < -0.39 is 0 Å². The molecule has 6 heteroatoms. The van der Waals surface area contributed by atoms with Gasteiger partial charge in [-0.1, -0.05) is 17.7 Å². The fourth-order valence-electron chi connectivity index (χ4n) is 3.25. The zero-order valence-corrected chi connectivity index (χ0v) is 15.2. The number of aryl methyl sites for hydroxylation is 3. The number of thiazole rings is 1. The number of hydrogen-bond acceptors (Lipinski definition) is 5. The van der Waals surface area contributed by atoms with Crippen LogP contribution in [0.1, 0.15) is 22.4 Å². The lowest BCUT2D eigenvalue weighted by Crippen LogP contribution is -2.05. The van der Waals surface area contributed by atoms with Gasteiger partial charge in [-0.05, 0) is 38.0 Å². The average Bonchev–Trinajstić information content (AvgIpc) is 3.23. The van der Waals surface area contributed by atoms with Crippen LogP contribution >= 0.6 is 11.3 Å². The number of hydrogen-bond donors (Lipinski definition) is 2. The lowest BCUT2D eigenvalue weighted by molar-refractivity contribution is 1.03. The number of H-pyrrole nitrogens is 1. The molecule has 4 aromatic rings. The highest BCUT2D eigenvalue weighted by Crippen LogP contribution is 2.28. The fourth-order valence-corrected chi connectivity index (χ4v) is 3.78. The number of benzene rings is 1. The number of anilines is 1. The Balaban J connectivity index is 1.80. The molecule has 0 unspecified atom stereocenters. The quantitative estimate of drug-likeness (QED) is 0.564.